The minimum atomic E-state index is -0.0744. The lowest BCUT2D eigenvalue weighted by Crippen LogP contribution is -2.16. The number of aromatic nitrogens is 2. The minimum Gasteiger partial charge on any atom is -0.497 e. The normalized spacial score (nSPS) is 10.4. The van der Waals surface area contributed by atoms with E-state index >= 15 is 0 Å². The molecule has 0 unspecified atom stereocenters. The van der Waals surface area contributed by atoms with E-state index in [1.807, 2.05) is 48.5 Å². The van der Waals surface area contributed by atoms with Gasteiger partial charge >= 0.3 is 0 Å². The first-order chi connectivity index (χ1) is 13.2. The van der Waals surface area contributed by atoms with E-state index in [0.29, 0.717) is 25.2 Å². The molecule has 6 heteroatoms. The van der Waals surface area contributed by atoms with Gasteiger partial charge in [0.1, 0.15) is 17.3 Å². The zero-order valence-corrected chi connectivity index (χ0v) is 15.5. The Balaban J connectivity index is 1.61. The second-order valence-electron chi connectivity index (χ2n) is 6.09. The van der Waals surface area contributed by atoms with Crippen LogP contribution in [-0.2, 0) is 17.8 Å². The number of ether oxygens (including phenoxy) is 2. The third kappa shape index (κ3) is 4.88. The number of methoxy groups -OCH3 is 2. The first kappa shape index (κ1) is 18.5. The summed E-state index contributed by atoms with van der Waals surface area (Å²) in [6, 6.07) is 17.4. The molecule has 0 atom stereocenters. The molecule has 1 aromatic heterocycles. The molecule has 3 aromatic rings. The van der Waals surface area contributed by atoms with Crippen molar-refractivity contribution >= 4 is 11.7 Å². The lowest BCUT2D eigenvalue weighted by Gasteiger charge is -2.11. The van der Waals surface area contributed by atoms with Crippen LogP contribution in [0.1, 0.15) is 17.5 Å². The Bertz CT molecular complexity index is 891. The average Bonchev–Trinajstić information content (AvgIpc) is 3.13. The van der Waals surface area contributed by atoms with Gasteiger partial charge in [0.15, 0.2) is 0 Å². The highest BCUT2D eigenvalue weighted by atomic mass is 16.5. The maximum Gasteiger partial charge on any atom is 0.225 e. The summed E-state index contributed by atoms with van der Waals surface area (Å²) in [6.45, 7) is 0.604. The highest BCUT2D eigenvalue weighted by Gasteiger charge is 2.11. The molecule has 0 aliphatic heterocycles. The Morgan fingerprint density at radius 3 is 2.63 bits per heavy atom. The Hall–Kier alpha value is -3.28. The highest BCUT2D eigenvalue weighted by molar-refractivity contribution is 5.90. The Morgan fingerprint density at radius 1 is 1.07 bits per heavy atom. The number of benzene rings is 2. The number of carbonyl (C=O) groups is 1. The van der Waals surface area contributed by atoms with Crippen molar-refractivity contribution < 1.29 is 14.3 Å². The molecule has 2 aromatic carbocycles. The van der Waals surface area contributed by atoms with Crippen molar-refractivity contribution in [3.8, 4) is 11.5 Å². The van der Waals surface area contributed by atoms with Gasteiger partial charge in [-0.2, -0.15) is 5.10 Å². The Labute approximate surface area is 158 Å². The van der Waals surface area contributed by atoms with Crippen molar-refractivity contribution in [1.82, 2.24) is 9.78 Å². The maximum absolute atomic E-state index is 12.4. The molecule has 0 aliphatic carbocycles. The summed E-state index contributed by atoms with van der Waals surface area (Å²) < 4.78 is 12.4. The number of hydrogen-bond acceptors (Lipinski definition) is 4. The van der Waals surface area contributed by atoms with Crippen molar-refractivity contribution in [3.05, 3.63) is 71.9 Å². The summed E-state index contributed by atoms with van der Waals surface area (Å²) in [5.74, 6) is 2.10. The van der Waals surface area contributed by atoms with Crippen LogP contribution in [-0.4, -0.2) is 29.9 Å². The number of nitrogens with zero attached hydrogens (tertiary/aromatic N) is 2. The zero-order chi connectivity index (χ0) is 19.1. The van der Waals surface area contributed by atoms with E-state index in [2.05, 4.69) is 10.4 Å². The summed E-state index contributed by atoms with van der Waals surface area (Å²) in [6.07, 6.45) is 2.57. The number of aryl methyl sites for hydroxylation is 1. The van der Waals surface area contributed by atoms with Gasteiger partial charge in [-0.05, 0) is 35.7 Å². The molecule has 0 fully saturated rings. The standard InChI is InChI=1S/C21H23N3O3/c1-26-18-9-10-19(27-2)17(14-18)8-11-21(25)23-20-12-13-22-24(20)15-16-6-4-3-5-7-16/h3-7,9-10,12-14H,8,11,15H2,1-2H3,(H,23,25). The molecule has 0 saturated heterocycles. The van der Waals surface area contributed by atoms with Crippen LogP contribution in [0, 0.1) is 0 Å². The molecule has 6 nitrogen and oxygen atoms in total. The quantitative estimate of drug-likeness (QED) is 0.663. The van der Waals surface area contributed by atoms with Gasteiger partial charge in [-0.25, -0.2) is 4.68 Å². The predicted octanol–water partition coefficient (Wildman–Crippen LogP) is 3.52. The van der Waals surface area contributed by atoms with Gasteiger partial charge in [0.25, 0.3) is 0 Å². The second-order valence-corrected chi connectivity index (χ2v) is 6.09. The van der Waals surface area contributed by atoms with Gasteiger partial charge in [0.05, 0.1) is 27.0 Å². The summed E-state index contributed by atoms with van der Waals surface area (Å²) in [4.78, 5) is 12.4. The Kier molecular flexibility index (Phi) is 6.10. The summed E-state index contributed by atoms with van der Waals surface area (Å²) in [5, 5.41) is 7.23. The van der Waals surface area contributed by atoms with E-state index in [1.165, 1.54) is 0 Å². The van der Waals surface area contributed by atoms with Crippen molar-refractivity contribution in [1.29, 1.82) is 0 Å². The third-order valence-electron chi connectivity index (χ3n) is 4.27. The maximum atomic E-state index is 12.4. The van der Waals surface area contributed by atoms with Gasteiger partial charge in [-0.3, -0.25) is 4.79 Å². The lowest BCUT2D eigenvalue weighted by molar-refractivity contribution is -0.116. The van der Waals surface area contributed by atoms with Gasteiger partial charge in [-0.1, -0.05) is 30.3 Å². The molecule has 0 spiro atoms. The number of carbonyl (C=O) groups excluding carboxylic acids is 1. The van der Waals surface area contributed by atoms with Crippen molar-refractivity contribution in [3.63, 3.8) is 0 Å². The van der Waals surface area contributed by atoms with Crippen molar-refractivity contribution in [2.24, 2.45) is 0 Å². The van der Waals surface area contributed by atoms with Crippen LogP contribution in [0.3, 0.4) is 0 Å². The number of amides is 1. The molecule has 1 N–H and O–H groups in total. The van der Waals surface area contributed by atoms with Gasteiger partial charge < -0.3 is 14.8 Å². The summed E-state index contributed by atoms with van der Waals surface area (Å²) in [7, 11) is 3.24. The minimum absolute atomic E-state index is 0.0744. The van der Waals surface area contributed by atoms with Gasteiger partial charge in [-0.15, -0.1) is 0 Å². The van der Waals surface area contributed by atoms with Gasteiger partial charge in [0.2, 0.25) is 5.91 Å². The van der Waals surface area contributed by atoms with E-state index in [-0.39, 0.29) is 5.91 Å². The molecule has 3 rings (SSSR count). The van der Waals surface area contributed by atoms with E-state index in [0.717, 1.165) is 22.6 Å². The first-order valence-corrected chi connectivity index (χ1v) is 8.76. The second kappa shape index (κ2) is 8.89. The van der Waals surface area contributed by atoms with E-state index in [9.17, 15) is 4.79 Å². The van der Waals surface area contributed by atoms with Crippen LogP contribution in [0.4, 0.5) is 5.82 Å². The van der Waals surface area contributed by atoms with Crippen molar-refractivity contribution in [2.75, 3.05) is 19.5 Å². The van der Waals surface area contributed by atoms with Crippen LogP contribution < -0.4 is 14.8 Å². The molecule has 1 heterocycles. The van der Waals surface area contributed by atoms with Crippen LogP contribution in [0.25, 0.3) is 0 Å². The van der Waals surface area contributed by atoms with Crippen molar-refractivity contribution in [2.45, 2.75) is 19.4 Å². The zero-order valence-electron chi connectivity index (χ0n) is 15.5. The molecule has 27 heavy (non-hydrogen) atoms. The molecular formula is C21H23N3O3. The number of hydrogen-bond donors (Lipinski definition) is 1. The molecule has 0 radical (unpaired) electrons. The molecule has 0 aliphatic rings. The summed E-state index contributed by atoms with van der Waals surface area (Å²) in [5.41, 5.74) is 2.06. The topological polar surface area (TPSA) is 65.4 Å². The van der Waals surface area contributed by atoms with E-state index in [1.54, 1.807) is 31.2 Å². The average molecular weight is 365 g/mol. The SMILES string of the molecule is COc1ccc(OC)c(CCC(=O)Nc2ccnn2Cc2ccccc2)c1. The number of anilines is 1. The van der Waals surface area contributed by atoms with E-state index < -0.39 is 0 Å². The number of nitrogens with one attached hydrogen (secondary N) is 1. The fraction of sp³-hybridized carbons (Fsp3) is 0.238. The monoisotopic (exact) mass is 365 g/mol. The fourth-order valence-corrected chi connectivity index (χ4v) is 2.85. The smallest absolute Gasteiger partial charge is 0.225 e. The molecule has 140 valence electrons. The molecule has 0 bridgehead atoms. The largest absolute Gasteiger partial charge is 0.497 e. The number of rotatable bonds is 8. The van der Waals surface area contributed by atoms with Gasteiger partial charge in [0, 0.05) is 12.5 Å². The predicted molar refractivity (Wildman–Crippen MR) is 104 cm³/mol. The van der Waals surface area contributed by atoms with E-state index in [4.69, 9.17) is 9.47 Å². The van der Waals surface area contributed by atoms with Crippen LogP contribution in [0.5, 0.6) is 11.5 Å². The lowest BCUT2D eigenvalue weighted by atomic mass is 10.1. The highest BCUT2D eigenvalue weighted by Crippen LogP contribution is 2.25. The van der Waals surface area contributed by atoms with Crippen LogP contribution >= 0.6 is 0 Å². The summed E-state index contributed by atoms with van der Waals surface area (Å²) >= 11 is 0. The molecular weight excluding hydrogens is 342 g/mol. The third-order valence-corrected chi connectivity index (χ3v) is 4.27. The van der Waals surface area contributed by atoms with Crippen LogP contribution in [0.2, 0.25) is 0 Å². The Morgan fingerprint density at radius 2 is 1.89 bits per heavy atom. The molecule has 0 saturated carbocycles. The fourth-order valence-electron chi connectivity index (χ4n) is 2.85. The first-order valence-electron chi connectivity index (χ1n) is 8.76. The van der Waals surface area contributed by atoms with Crippen LogP contribution in [0.15, 0.2) is 60.8 Å². The molecule has 1 amide bonds.